The average Bonchev–Trinajstić information content (AvgIpc) is 2.83. The van der Waals surface area contributed by atoms with E-state index in [0.717, 1.165) is 17.9 Å². The number of benzene rings is 1. The molecule has 17 heavy (non-hydrogen) atoms. The van der Waals surface area contributed by atoms with Gasteiger partial charge in [0.2, 0.25) is 0 Å². The van der Waals surface area contributed by atoms with Crippen LogP contribution in [0.5, 0.6) is 0 Å². The zero-order valence-corrected chi connectivity index (χ0v) is 9.38. The number of para-hydroxylation sites is 1. The topological polar surface area (TPSA) is 45.2 Å². The van der Waals surface area contributed by atoms with E-state index in [9.17, 15) is 5.11 Å². The molecule has 3 heteroatoms. The maximum Gasteiger partial charge on any atom is 0.105 e. The highest BCUT2D eigenvalue weighted by Crippen LogP contribution is 2.38. The lowest BCUT2D eigenvalue weighted by Crippen LogP contribution is -2.13. The molecule has 2 unspecified atom stereocenters. The van der Waals surface area contributed by atoms with Gasteiger partial charge in [0.05, 0.1) is 5.69 Å². The van der Waals surface area contributed by atoms with Crippen LogP contribution in [0.15, 0.2) is 48.7 Å². The van der Waals surface area contributed by atoms with Crippen molar-refractivity contribution in [1.29, 1.82) is 0 Å². The predicted molar refractivity (Wildman–Crippen MR) is 66.9 cm³/mol. The number of fused-ring (bicyclic) bond motifs is 1. The van der Waals surface area contributed by atoms with E-state index in [4.69, 9.17) is 0 Å². The Morgan fingerprint density at radius 1 is 1.18 bits per heavy atom. The van der Waals surface area contributed by atoms with Gasteiger partial charge in [-0.05, 0) is 23.8 Å². The van der Waals surface area contributed by atoms with E-state index in [1.54, 1.807) is 6.20 Å². The van der Waals surface area contributed by atoms with Crippen LogP contribution in [0, 0.1) is 0 Å². The van der Waals surface area contributed by atoms with Crippen molar-refractivity contribution < 1.29 is 5.11 Å². The van der Waals surface area contributed by atoms with Crippen LogP contribution in [-0.4, -0.2) is 16.6 Å². The lowest BCUT2D eigenvalue weighted by atomic mass is 9.93. The summed E-state index contributed by atoms with van der Waals surface area (Å²) in [5.41, 5.74) is 3.02. The van der Waals surface area contributed by atoms with Crippen molar-refractivity contribution in [3.05, 3.63) is 59.9 Å². The molecule has 0 fully saturated rings. The number of nitrogens with one attached hydrogen (secondary N) is 1. The summed E-state index contributed by atoms with van der Waals surface area (Å²) in [5, 5.41) is 13.7. The molecule has 0 amide bonds. The van der Waals surface area contributed by atoms with E-state index in [0.29, 0.717) is 0 Å². The molecule has 1 aromatic carbocycles. The highest BCUT2D eigenvalue weighted by Gasteiger charge is 2.29. The molecule has 0 spiro atoms. The number of rotatable bonds is 2. The number of aliphatic hydroxyl groups excluding tert-OH is 1. The molecule has 0 saturated carbocycles. The van der Waals surface area contributed by atoms with Gasteiger partial charge in [0, 0.05) is 24.3 Å². The summed E-state index contributed by atoms with van der Waals surface area (Å²) in [6.45, 7) is 0.761. The van der Waals surface area contributed by atoms with Crippen LogP contribution in [0.2, 0.25) is 0 Å². The van der Waals surface area contributed by atoms with Crippen LogP contribution in [0.25, 0.3) is 0 Å². The Morgan fingerprint density at radius 3 is 2.82 bits per heavy atom. The Balaban J connectivity index is 1.92. The molecular formula is C14H14N2O. The summed E-state index contributed by atoms with van der Waals surface area (Å²) in [7, 11) is 0. The van der Waals surface area contributed by atoms with Crippen molar-refractivity contribution in [2.45, 2.75) is 12.0 Å². The molecular weight excluding hydrogens is 212 g/mol. The molecule has 3 nitrogen and oxygen atoms in total. The van der Waals surface area contributed by atoms with Gasteiger partial charge in [-0.25, -0.2) is 0 Å². The van der Waals surface area contributed by atoms with Crippen molar-refractivity contribution in [3.8, 4) is 0 Å². The minimum Gasteiger partial charge on any atom is -0.386 e. The van der Waals surface area contributed by atoms with Gasteiger partial charge in [0.1, 0.15) is 6.10 Å². The molecule has 1 aliphatic rings. The predicted octanol–water partition coefficient (Wildman–Crippen LogP) is 2.32. The third kappa shape index (κ3) is 1.78. The summed E-state index contributed by atoms with van der Waals surface area (Å²) >= 11 is 0. The number of anilines is 1. The fraction of sp³-hybridized carbons (Fsp3) is 0.214. The Hall–Kier alpha value is -1.87. The van der Waals surface area contributed by atoms with Crippen LogP contribution in [0.4, 0.5) is 5.69 Å². The first-order valence-corrected chi connectivity index (χ1v) is 5.78. The van der Waals surface area contributed by atoms with Crippen LogP contribution in [-0.2, 0) is 0 Å². The lowest BCUT2D eigenvalue weighted by molar-refractivity contribution is 0.147. The molecule has 0 aliphatic carbocycles. The normalized spacial score (nSPS) is 19.5. The maximum absolute atomic E-state index is 10.4. The monoisotopic (exact) mass is 226 g/mol. The van der Waals surface area contributed by atoms with Gasteiger partial charge in [-0.2, -0.15) is 0 Å². The van der Waals surface area contributed by atoms with Gasteiger partial charge in [-0.15, -0.1) is 0 Å². The van der Waals surface area contributed by atoms with Gasteiger partial charge >= 0.3 is 0 Å². The van der Waals surface area contributed by atoms with Crippen molar-refractivity contribution in [2.75, 3.05) is 11.9 Å². The first-order valence-electron chi connectivity index (χ1n) is 5.78. The molecule has 0 bridgehead atoms. The van der Waals surface area contributed by atoms with Crippen molar-refractivity contribution >= 4 is 5.69 Å². The number of aliphatic hydroxyl groups is 1. The van der Waals surface area contributed by atoms with Crippen molar-refractivity contribution in [3.63, 3.8) is 0 Å². The Bertz CT molecular complexity index is 513. The molecule has 3 rings (SSSR count). The molecule has 2 heterocycles. The van der Waals surface area contributed by atoms with Gasteiger partial charge < -0.3 is 10.4 Å². The fourth-order valence-electron chi connectivity index (χ4n) is 2.35. The highest BCUT2D eigenvalue weighted by molar-refractivity contribution is 5.58. The van der Waals surface area contributed by atoms with E-state index in [1.807, 2.05) is 36.4 Å². The molecule has 2 aromatic rings. The molecule has 2 atom stereocenters. The van der Waals surface area contributed by atoms with Crippen LogP contribution >= 0.6 is 0 Å². The number of aromatic nitrogens is 1. The van der Waals surface area contributed by atoms with E-state index in [-0.39, 0.29) is 5.92 Å². The first-order chi connectivity index (χ1) is 8.36. The third-order valence-corrected chi connectivity index (χ3v) is 3.24. The zero-order valence-electron chi connectivity index (χ0n) is 9.38. The standard InChI is InChI=1S/C14H14N2O/c17-14(13-7-3-4-8-15-13)11-9-16-12-6-2-1-5-10(11)12/h1-8,11,14,16-17H,9H2. The second kappa shape index (κ2) is 4.18. The second-order valence-corrected chi connectivity index (χ2v) is 4.27. The van der Waals surface area contributed by atoms with Gasteiger partial charge in [-0.3, -0.25) is 4.98 Å². The van der Waals surface area contributed by atoms with E-state index in [2.05, 4.69) is 16.4 Å². The summed E-state index contributed by atoms with van der Waals surface area (Å²) in [6, 6.07) is 13.7. The van der Waals surface area contributed by atoms with Crippen LogP contribution in [0.3, 0.4) is 0 Å². The Labute approximate surface area is 100 Å². The largest absolute Gasteiger partial charge is 0.386 e. The van der Waals surface area contributed by atoms with E-state index < -0.39 is 6.10 Å². The lowest BCUT2D eigenvalue weighted by Gasteiger charge is -2.17. The number of nitrogens with zero attached hydrogens (tertiary/aromatic N) is 1. The quantitative estimate of drug-likeness (QED) is 0.826. The molecule has 1 aliphatic heterocycles. The number of hydrogen-bond donors (Lipinski definition) is 2. The smallest absolute Gasteiger partial charge is 0.105 e. The van der Waals surface area contributed by atoms with Crippen molar-refractivity contribution in [2.24, 2.45) is 0 Å². The van der Waals surface area contributed by atoms with Gasteiger partial charge in [-0.1, -0.05) is 24.3 Å². The summed E-state index contributed by atoms with van der Waals surface area (Å²) in [4.78, 5) is 4.22. The Morgan fingerprint density at radius 2 is 2.00 bits per heavy atom. The summed E-state index contributed by atoms with van der Waals surface area (Å²) in [6.07, 6.45) is 1.17. The van der Waals surface area contributed by atoms with E-state index in [1.165, 1.54) is 5.56 Å². The minimum atomic E-state index is -0.549. The van der Waals surface area contributed by atoms with Crippen LogP contribution in [0.1, 0.15) is 23.3 Å². The zero-order chi connectivity index (χ0) is 11.7. The average molecular weight is 226 g/mol. The number of pyridine rings is 1. The summed E-state index contributed by atoms with van der Waals surface area (Å²) < 4.78 is 0. The van der Waals surface area contributed by atoms with Gasteiger partial charge in [0.25, 0.3) is 0 Å². The molecule has 1 aromatic heterocycles. The Kier molecular flexibility index (Phi) is 2.53. The molecule has 2 N–H and O–H groups in total. The molecule has 0 radical (unpaired) electrons. The fourth-order valence-corrected chi connectivity index (χ4v) is 2.35. The van der Waals surface area contributed by atoms with Crippen molar-refractivity contribution in [1.82, 2.24) is 4.98 Å². The second-order valence-electron chi connectivity index (χ2n) is 4.27. The van der Waals surface area contributed by atoms with Gasteiger partial charge in [0.15, 0.2) is 0 Å². The highest BCUT2D eigenvalue weighted by atomic mass is 16.3. The third-order valence-electron chi connectivity index (χ3n) is 3.24. The number of hydrogen-bond acceptors (Lipinski definition) is 3. The van der Waals surface area contributed by atoms with Crippen LogP contribution < -0.4 is 5.32 Å². The minimum absolute atomic E-state index is 0.0844. The molecule has 0 saturated heterocycles. The molecule has 86 valence electrons. The SMILES string of the molecule is OC(c1ccccn1)C1CNc2ccccc21. The van der Waals surface area contributed by atoms with E-state index >= 15 is 0 Å². The summed E-state index contributed by atoms with van der Waals surface area (Å²) in [5.74, 6) is 0.0844. The first kappa shape index (κ1) is 10.3. The maximum atomic E-state index is 10.4.